The third kappa shape index (κ3) is 4.32. The first-order valence-corrected chi connectivity index (χ1v) is 6.67. The van der Waals surface area contributed by atoms with Gasteiger partial charge in [-0.05, 0) is 11.6 Å². The van der Waals surface area contributed by atoms with Gasteiger partial charge in [0.25, 0.3) is 6.43 Å². The Morgan fingerprint density at radius 2 is 2.00 bits per heavy atom. The molecule has 0 aliphatic carbocycles. The molecule has 5 heteroatoms. The number of benzene rings is 1. The van der Waals surface area contributed by atoms with E-state index in [0.717, 1.165) is 10.0 Å². The second-order valence-corrected chi connectivity index (χ2v) is 4.62. The predicted molar refractivity (Wildman–Crippen MR) is 67.7 cm³/mol. The van der Waals surface area contributed by atoms with Crippen molar-refractivity contribution in [1.29, 1.82) is 0 Å². The zero-order valence-electron chi connectivity index (χ0n) is 7.80. The van der Waals surface area contributed by atoms with Gasteiger partial charge in [-0.15, -0.1) is 0 Å². The summed E-state index contributed by atoms with van der Waals surface area (Å²) in [5.41, 5.74) is 0.910. The van der Waals surface area contributed by atoms with Gasteiger partial charge in [-0.25, -0.2) is 8.78 Å². The van der Waals surface area contributed by atoms with Crippen LogP contribution in [0.2, 0.25) is 0 Å². The van der Waals surface area contributed by atoms with E-state index in [1.165, 1.54) is 0 Å². The molecule has 0 radical (unpaired) electrons. The van der Waals surface area contributed by atoms with Crippen LogP contribution in [0.1, 0.15) is 11.7 Å². The maximum atomic E-state index is 12.0. The van der Waals surface area contributed by atoms with Crippen molar-refractivity contribution in [3.8, 4) is 0 Å². The number of alkyl halides is 3. The Morgan fingerprint density at radius 3 is 2.53 bits per heavy atom. The van der Waals surface area contributed by atoms with Crippen molar-refractivity contribution >= 4 is 38.5 Å². The van der Waals surface area contributed by atoms with Gasteiger partial charge in [0.05, 0.1) is 6.10 Å². The molecule has 0 bridgehead atoms. The van der Waals surface area contributed by atoms with E-state index in [0.29, 0.717) is 4.43 Å². The first kappa shape index (κ1) is 13.3. The molecule has 0 fully saturated rings. The van der Waals surface area contributed by atoms with E-state index < -0.39 is 13.0 Å². The summed E-state index contributed by atoms with van der Waals surface area (Å²) in [6, 6.07) is 7.50. The maximum absolute atomic E-state index is 12.0. The lowest BCUT2D eigenvalue weighted by Crippen LogP contribution is -2.12. The van der Waals surface area contributed by atoms with Crippen molar-refractivity contribution in [3.05, 3.63) is 34.3 Å². The average Bonchev–Trinajstić information content (AvgIpc) is 2.21. The second-order valence-electron chi connectivity index (χ2n) is 2.89. The van der Waals surface area contributed by atoms with Gasteiger partial charge >= 0.3 is 0 Å². The highest BCUT2D eigenvalue weighted by atomic mass is 127. The largest absolute Gasteiger partial charge is 0.367 e. The molecule has 0 saturated carbocycles. The molecule has 15 heavy (non-hydrogen) atoms. The molecule has 0 amide bonds. The van der Waals surface area contributed by atoms with Gasteiger partial charge < -0.3 is 4.74 Å². The highest BCUT2D eigenvalue weighted by Crippen LogP contribution is 2.27. The quantitative estimate of drug-likeness (QED) is 0.540. The molecular formula is C10H10BrF2IO. The Morgan fingerprint density at radius 1 is 1.33 bits per heavy atom. The number of ether oxygens (including phenoxy) is 1. The van der Waals surface area contributed by atoms with E-state index >= 15 is 0 Å². The summed E-state index contributed by atoms with van der Waals surface area (Å²) in [5, 5.41) is 0. The molecule has 0 saturated heterocycles. The van der Waals surface area contributed by atoms with Gasteiger partial charge in [-0.1, -0.05) is 56.7 Å². The van der Waals surface area contributed by atoms with E-state index in [9.17, 15) is 8.78 Å². The summed E-state index contributed by atoms with van der Waals surface area (Å²) in [6.45, 7) is -0.519. The normalized spacial score (nSPS) is 13.1. The Bertz CT molecular complexity index is 309. The molecule has 0 heterocycles. The van der Waals surface area contributed by atoms with Crippen LogP contribution in [0.3, 0.4) is 0 Å². The number of hydrogen-bond acceptors (Lipinski definition) is 1. The van der Waals surface area contributed by atoms with Crippen molar-refractivity contribution in [2.75, 3.05) is 11.0 Å². The van der Waals surface area contributed by atoms with Gasteiger partial charge in [-0.2, -0.15) is 0 Å². The lowest BCUT2D eigenvalue weighted by atomic mass is 10.1. The maximum Gasteiger partial charge on any atom is 0.261 e. The third-order valence-electron chi connectivity index (χ3n) is 1.82. The predicted octanol–water partition coefficient (Wildman–Crippen LogP) is 4.21. The van der Waals surface area contributed by atoms with Crippen LogP contribution < -0.4 is 0 Å². The van der Waals surface area contributed by atoms with Gasteiger partial charge in [0.15, 0.2) is 0 Å². The standard InChI is InChI=1S/C10H10BrF2IO/c11-8-4-2-1-3-7(8)9(5-14)15-6-10(12)13/h1-4,9-10H,5-6H2. The monoisotopic (exact) mass is 390 g/mol. The van der Waals surface area contributed by atoms with Crippen LogP contribution in [0.25, 0.3) is 0 Å². The Labute approximate surface area is 109 Å². The van der Waals surface area contributed by atoms with Crippen molar-refractivity contribution in [2.24, 2.45) is 0 Å². The van der Waals surface area contributed by atoms with Crippen LogP contribution in [0.15, 0.2) is 28.7 Å². The van der Waals surface area contributed by atoms with Gasteiger partial charge in [0.1, 0.15) is 6.61 Å². The SMILES string of the molecule is FC(F)COC(CI)c1ccccc1Br. The second kappa shape index (κ2) is 6.75. The lowest BCUT2D eigenvalue weighted by Gasteiger charge is -2.16. The molecule has 1 nitrogen and oxygen atoms in total. The highest BCUT2D eigenvalue weighted by Gasteiger charge is 2.15. The molecule has 0 aliphatic rings. The van der Waals surface area contributed by atoms with Gasteiger partial charge in [0, 0.05) is 8.90 Å². The van der Waals surface area contributed by atoms with Gasteiger partial charge in [-0.3, -0.25) is 0 Å². The summed E-state index contributed by atoms with van der Waals surface area (Å²) in [6.07, 6.45) is -2.70. The zero-order valence-corrected chi connectivity index (χ0v) is 11.5. The molecule has 84 valence electrons. The fraction of sp³-hybridized carbons (Fsp3) is 0.400. The fourth-order valence-electron chi connectivity index (χ4n) is 1.14. The number of rotatable bonds is 5. The van der Waals surface area contributed by atoms with Crippen molar-refractivity contribution in [3.63, 3.8) is 0 Å². The summed E-state index contributed by atoms with van der Waals surface area (Å²) in [4.78, 5) is 0. The third-order valence-corrected chi connectivity index (χ3v) is 3.34. The number of halogens is 4. The van der Waals surface area contributed by atoms with Crippen LogP contribution in [-0.2, 0) is 4.74 Å². The average molecular weight is 391 g/mol. The fourth-order valence-corrected chi connectivity index (χ4v) is 2.41. The van der Waals surface area contributed by atoms with E-state index in [-0.39, 0.29) is 6.10 Å². The molecule has 0 aliphatic heterocycles. The molecular weight excluding hydrogens is 381 g/mol. The minimum absolute atomic E-state index is 0.282. The first-order valence-electron chi connectivity index (χ1n) is 4.35. The van der Waals surface area contributed by atoms with Crippen molar-refractivity contribution < 1.29 is 13.5 Å². The minimum Gasteiger partial charge on any atom is -0.367 e. The van der Waals surface area contributed by atoms with Crippen molar-refractivity contribution in [1.82, 2.24) is 0 Å². The summed E-state index contributed by atoms with van der Waals surface area (Å²) in [7, 11) is 0. The van der Waals surface area contributed by atoms with Crippen LogP contribution >= 0.6 is 38.5 Å². The Hall–Kier alpha value is 0.250. The molecule has 1 rings (SSSR count). The first-order chi connectivity index (χ1) is 7.15. The topological polar surface area (TPSA) is 9.23 Å². The molecule has 1 unspecified atom stereocenters. The van der Waals surface area contributed by atoms with E-state index in [4.69, 9.17) is 4.74 Å². The van der Waals surface area contributed by atoms with E-state index in [1.54, 1.807) is 0 Å². The molecule has 0 spiro atoms. The number of hydrogen-bond donors (Lipinski definition) is 0. The molecule has 1 aromatic carbocycles. The summed E-state index contributed by atoms with van der Waals surface area (Å²) < 4.78 is 30.7. The van der Waals surface area contributed by atoms with Crippen LogP contribution in [-0.4, -0.2) is 17.5 Å². The molecule has 0 N–H and O–H groups in total. The van der Waals surface area contributed by atoms with E-state index in [1.807, 2.05) is 24.3 Å². The minimum atomic E-state index is -2.42. The summed E-state index contributed by atoms with van der Waals surface area (Å²) >= 11 is 5.50. The Balaban J connectivity index is 2.70. The van der Waals surface area contributed by atoms with Crippen LogP contribution in [0.5, 0.6) is 0 Å². The molecule has 1 aromatic rings. The molecule has 1 atom stereocenters. The molecule has 0 aromatic heterocycles. The lowest BCUT2D eigenvalue weighted by molar-refractivity contribution is -0.0155. The summed E-state index contributed by atoms with van der Waals surface area (Å²) in [5.74, 6) is 0. The highest BCUT2D eigenvalue weighted by molar-refractivity contribution is 14.1. The van der Waals surface area contributed by atoms with Crippen molar-refractivity contribution in [2.45, 2.75) is 12.5 Å². The van der Waals surface area contributed by atoms with Crippen LogP contribution in [0, 0.1) is 0 Å². The zero-order chi connectivity index (χ0) is 11.3. The smallest absolute Gasteiger partial charge is 0.261 e. The van der Waals surface area contributed by atoms with E-state index in [2.05, 4.69) is 38.5 Å². The Kier molecular flexibility index (Phi) is 5.99. The van der Waals surface area contributed by atoms with Crippen LogP contribution in [0.4, 0.5) is 8.78 Å². The van der Waals surface area contributed by atoms with Gasteiger partial charge in [0.2, 0.25) is 0 Å².